The lowest BCUT2D eigenvalue weighted by Gasteiger charge is -2.12. The third-order valence-corrected chi connectivity index (χ3v) is 3.10. The van der Waals surface area contributed by atoms with Crippen molar-refractivity contribution in [2.45, 2.75) is 6.92 Å². The van der Waals surface area contributed by atoms with Gasteiger partial charge in [-0.2, -0.15) is 0 Å². The molecule has 0 bridgehead atoms. The summed E-state index contributed by atoms with van der Waals surface area (Å²) in [5, 5.41) is 0.646. The highest BCUT2D eigenvalue weighted by molar-refractivity contribution is 5.77. The molecular weight excluding hydrogens is 262 g/mol. The van der Waals surface area contributed by atoms with Crippen molar-refractivity contribution in [2.75, 3.05) is 0 Å². The number of benzene rings is 1. The molecule has 2 heterocycles. The monoisotopic (exact) mass is 272 g/mol. The molecule has 0 saturated heterocycles. The summed E-state index contributed by atoms with van der Waals surface area (Å²) >= 11 is 0. The Balaban J connectivity index is 2.54. The zero-order valence-electron chi connectivity index (χ0n) is 10.6. The highest BCUT2D eigenvalue weighted by atomic mass is 19.1. The lowest BCUT2D eigenvalue weighted by molar-refractivity contribution is 0.568. The maximum atomic E-state index is 13.9. The van der Waals surface area contributed by atoms with E-state index in [-0.39, 0.29) is 5.65 Å². The van der Waals surface area contributed by atoms with E-state index in [1.807, 2.05) is 0 Å². The van der Waals surface area contributed by atoms with Crippen molar-refractivity contribution in [3.05, 3.63) is 70.1 Å². The maximum absolute atomic E-state index is 13.9. The van der Waals surface area contributed by atoms with Crippen molar-refractivity contribution in [1.29, 1.82) is 0 Å². The van der Waals surface area contributed by atoms with Crippen LogP contribution in [-0.4, -0.2) is 9.55 Å². The number of rotatable bonds is 1. The van der Waals surface area contributed by atoms with E-state index in [1.165, 1.54) is 12.3 Å². The zero-order chi connectivity index (χ0) is 14.3. The second-order valence-electron chi connectivity index (χ2n) is 4.45. The highest BCUT2D eigenvalue weighted by Gasteiger charge is 2.16. The predicted octanol–water partition coefficient (Wildman–Crippen LogP) is 2.97. The summed E-state index contributed by atoms with van der Waals surface area (Å²) in [6.07, 6.45) is 1.48. The second-order valence-corrected chi connectivity index (χ2v) is 4.45. The average Bonchev–Trinajstić information content (AvgIpc) is 2.42. The van der Waals surface area contributed by atoms with E-state index >= 15 is 0 Å². The van der Waals surface area contributed by atoms with E-state index in [0.717, 1.165) is 16.7 Å². The topological polar surface area (TPSA) is 34.9 Å². The molecule has 0 saturated carbocycles. The first-order valence-electron chi connectivity index (χ1n) is 6.01. The van der Waals surface area contributed by atoms with E-state index in [4.69, 9.17) is 0 Å². The van der Waals surface area contributed by atoms with E-state index in [1.54, 1.807) is 25.1 Å². The Bertz CT molecular complexity index is 851. The summed E-state index contributed by atoms with van der Waals surface area (Å²) in [5.74, 6) is -1.60. The molecule has 0 spiro atoms. The Morgan fingerprint density at radius 3 is 2.50 bits per heavy atom. The number of nitrogens with zero attached hydrogens (tertiary/aromatic N) is 2. The van der Waals surface area contributed by atoms with Crippen LogP contribution in [0.4, 0.5) is 8.78 Å². The standard InChI is InChI=1S/C15H10F2N2O/c1-9-8-10-4-3-7-18-14(10)19(15(9)20)13-11(16)5-2-6-12(13)17/h2-8H,1H3. The summed E-state index contributed by atoms with van der Waals surface area (Å²) < 4.78 is 28.9. The SMILES string of the molecule is Cc1cc2cccnc2n(-c2c(F)cccc2F)c1=O. The lowest BCUT2D eigenvalue weighted by atomic mass is 10.2. The molecule has 0 aliphatic rings. The smallest absolute Gasteiger partial charge is 0.259 e. The third kappa shape index (κ3) is 1.79. The first kappa shape index (κ1) is 12.5. The van der Waals surface area contributed by atoms with Gasteiger partial charge in [-0.1, -0.05) is 6.07 Å². The number of aromatic nitrogens is 2. The van der Waals surface area contributed by atoms with Crippen LogP contribution in [0.3, 0.4) is 0 Å². The van der Waals surface area contributed by atoms with E-state index in [9.17, 15) is 13.6 Å². The van der Waals surface area contributed by atoms with Crippen LogP contribution in [0.1, 0.15) is 5.56 Å². The third-order valence-electron chi connectivity index (χ3n) is 3.10. The van der Waals surface area contributed by atoms with Gasteiger partial charge in [0.05, 0.1) is 0 Å². The molecule has 20 heavy (non-hydrogen) atoms. The number of pyridine rings is 2. The molecule has 5 heteroatoms. The highest BCUT2D eigenvalue weighted by Crippen LogP contribution is 2.20. The fraction of sp³-hybridized carbons (Fsp3) is 0.0667. The van der Waals surface area contributed by atoms with Gasteiger partial charge in [-0.05, 0) is 37.3 Å². The number of halogens is 2. The number of fused-ring (bicyclic) bond motifs is 1. The molecule has 0 unspecified atom stereocenters. The normalized spacial score (nSPS) is 10.9. The second kappa shape index (κ2) is 4.52. The van der Waals surface area contributed by atoms with Gasteiger partial charge in [-0.25, -0.2) is 13.8 Å². The number of hydrogen-bond donors (Lipinski definition) is 0. The zero-order valence-corrected chi connectivity index (χ0v) is 10.6. The van der Waals surface area contributed by atoms with Gasteiger partial charge in [0.1, 0.15) is 23.0 Å². The van der Waals surface area contributed by atoms with Gasteiger partial charge in [-0.15, -0.1) is 0 Å². The van der Waals surface area contributed by atoms with Crippen molar-refractivity contribution >= 4 is 11.0 Å². The quantitative estimate of drug-likeness (QED) is 0.682. The van der Waals surface area contributed by atoms with Crippen LogP contribution in [0.5, 0.6) is 0 Å². The molecule has 0 fully saturated rings. The number of para-hydroxylation sites is 1. The lowest BCUT2D eigenvalue weighted by Crippen LogP contribution is -2.23. The van der Waals surface area contributed by atoms with Crippen LogP contribution in [0, 0.1) is 18.6 Å². The van der Waals surface area contributed by atoms with Crippen molar-refractivity contribution in [3.8, 4) is 5.69 Å². The summed E-state index contributed by atoms with van der Waals surface area (Å²) in [6.45, 7) is 1.60. The van der Waals surface area contributed by atoms with E-state index in [2.05, 4.69) is 4.98 Å². The Morgan fingerprint density at radius 1 is 1.10 bits per heavy atom. The number of aryl methyl sites for hydroxylation is 1. The summed E-state index contributed by atoms with van der Waals surface area (Å²) in [6, 6.07) is 8.58. The Labute approximate surface area is 113 Å². The molecule has 0 N–H and O–H groups in total. The van der Waals surface area contributed by atoms with E-state index in [0.29, 0.717) is 10.9 Å². The molecule has 3 nitrogen and oxygen atoms in total. The van der Waals surface area contributed by atoms with Crippen LogP contribution in [0.15, 0.2) is 47.4 Å². The van der Waals surface area contributed by atoms with Gasteiger partial charge < -0.3 is 0 Å². The first-order chi connectivity index (χ1) is 9.59. The van der Waals surface area contributed by atoms with Crippen molar-refractivity contribution in [1.82, 2.24) is 9.55 Å². The van der Waals surface area contributed by atoms with Crippen LogP contribution < -0.4 is 5.56 Å². The van der Waals surface area contributed by atoms with Crippen molar-refractivity contribution < 1.29 is 8.78 Å². The van der Waals surface area contributed by atoms with Gasteiger partial charge >= 0.3 is 0 Å². The molecule has 0 amide bonds. The van der Waals surface area contributed by atoms with Gasteiger partial charge in [0.15, 0.2) is 0 Å². The molecule has 0 aliphatic heterocycles. The molecule has 0 aliphatic carbocycles. The fourth-order valence-electron chi connectivity index (χ4n) is 2.19. The van der Waals surface area contributed by atoms with Gasteiger partial charge in [-0.3, -0.25) is 9.36 Å². The largest absolute Gasteiger partial charge is 0.269 e. The molecule has 0 atom stereocenters. The van der Waals surface area contributed by atoms with E-state index < -0.39 is 22.9 Å². The summed E-state index contributed by atoms with van der Waals surface area (Å²) in [4.78, 5) is 16.3. The minimum Gasteiger partial charge on any atom is -0.269 e. The van der Waals surface area contributed by atoms with Gasteiger partial charge in [0.25, 0.3) is 5.56 Å². The van der Waals surface area contributed by atoms with Crippen molar-refractivity contribution in [2.24, 2.45) is 0 Å². The van der Waals surface area contributed by atoms with Crippen LogP contribution in [-0.2, 0) is 0 Å². The van der Waals surface area contributed by atoms with Crippen LogP contribution in [0.25, 0.3) is 16.7 Å². The molecule has 0 radical (unpaired) electrons. The number of hydrogen-bond acceptors (Lipinski definition) is 2. The van der Waals surface area contributed by atoms with Crippen LogP contribution >= 0.6 is 0 Å². The Morgan fingerprint density at radius 2 is 1.80 bits per heavy atom. The molecule has 1 aromatic carbocycles. The maximum Gasteiger partial charge on any atom is 0.259 e. The van der Waals surface area contributed by atoms with Gasteiger partial charge in [0.2, 0.25) is 0 Å². The Hall–Kier alpha value is -2.56. The first-order valence-corrected chi connectivity index (χ1v) is 6.01. The van der Waals surface area contributed by atoms with Crippen molar-refractivity contribution in [3.63, 3.8) is 0 Å². The van der Waals surface area contributed by atoms with Crippen LogP contribution in [0.2, 0.25) is 0 Å². The Kier molecular flexibility index (Phi) is 2.82. The summed E-state index contributed by atoms with van der Waals surface area (Å²) in [7, 11) is 0. The average molecular weight is 272 g/mol. The minimum absolute atomic E-state index is 0.229. The molecule has 3 aromatic rings. The predicted molar refractivity (Wildman–Crippen MR) is 72.0 cm³/mol. The fourth-order valence-corrected chi connectivity index (χ4v) is 2.19. The molecule has 100 valence electrons. The molecule has 3 rings (SSSR count). The summed E-state index contributed by atoms with van der Waals surface area (Å²) in [5.41, 5.74) is -0.259. The van der Waals surface area contributed by atoms with Gasteiger partial charge in [0, 0.05) is 17.1 Å². The molecular formula is C15H10F2N2O. The minimum atomic E-state index is -0.801. The molecule has 2 aromatic heterocycles.